The number of benzene rings is 2. The molecule has 0 aromatic heterocycles. The lowest BCUT2D eigenvalue weighted by Gasteiger charge is -2.22. The summed E-state index contributed by atoms with van der Waals surface area (Å²) in [5, 5.41) is 6.01. The molecule has 1 atom stereocenters. The average molecular weight is 285 g/mol. The van der Waals surface area contributed by atoms with E-state index in [1.54, 1.807) is 0 Å². The van der Waals surface area contributed by atoms with Crippen molar-refractivity contribution in [2.75, 3.05) is 6.61 Å². The molecule has 0 heterocycles. The van der Waals surface area contributed by atoms with Crippen LogP contribution in [0.25, 0.3) is 10.8 Å². The SMILES string of the molecule is CC(C)COc1c(C(C)NC(C)C)ccc2ccccc12. The van der Waals surface area contributed by atoms with Crippen LogP contribution in [0.1, 0.15) is 46.2 Å². The van der Waals surface area contributed by atoms with E-state index in [0.29, 0.717) is 12.0 Å². The van der Waals surface area contributed by atoms with Crippen LogP contribution in [0.2, 0.25) is 0 Å². The first kappa shape index (κ1) is 15.8. The zero-order valence-corrected chi connectivity index (χ0v) is 13.8. The lowest BCUT2D eigenvalue weighted by Crippen LogP contribution is -2.26. The van der Waals surface area contributed by atoms with Gasteiger partial charge in [-0.15, -0.1) is 0 Å². The van der Waals surface area contributed by atoms with Gasteiger partial charge in [0.15, 0.2) is 0 Å². The van der Waals surface area contributed by atoms with Crippen molar-refractivity contribution < 1.29 is 4.74 Å². The summed E-state index contributed by atoms with van der Waals surface area (Å²) < 4.78 is 6.17. The van der Waals surface area contributed by atoms with E-state index in [-0.39, 0.29) is 6.04 Å². The molecule has 0 aliphatic carbocycles. The third-order valence-electron chi connectivity index (χ3n) is 3.52. The van der Waals surface area contributed by atoms with Crippen molar-refractivity contribution in [3.05, 3.63) is 42.0 Å². The first-order valence-electron chi connectivity index (χ1n) is 7.89. The summed E-state index contributed by atoms with van der Waals surface area (Å²) in [7, 11) is 0. The van der Waals surface area contributed by atoms with Crippen LogP contribution in [-0.4, -0.2) is 12.6 Å². The number of hydrogen-bond acceptors (Lipinski definition) is 2. The van der Waals surface area contributed by atoms with E-state index < -0.39 is 0 Å². The van der Waals surface area contributed by atoms with E-state index in [2.05, 4.69) is 76.3 Å². The van der Waals surface area contributed by atoms with E-state index in [0.717, 1.165) is 12.4 Å². The van der Waals surface area contributed by atoms with Crippen molar-refractivity contribution >= 4 is 10.8 Å². The van der Waals surface area contributed by atoms with Gasteiger partial charge in [0.25, 0.3) is 0 Å². The van der Waals surface area contributed by atoms with Gasteiger partial charge in [-0.1, -0.05) is 64.1 Å². The van der Waals surface area contributed by atoms with Crippen molar-refractivity contribution in [3.8, 4) is 5.75 Å². The maximum atomic E-state index is 6.17. The first-order valence-corrected chi connectivity index (χ1v) is 7.89. The monoisotopic (exact) mass is 285 g/mol. The van der Waals surface area contributed by atoms with Gasteiger partial charge >= 0.3 is 0 Å². The Kier molecular flexibility index (Phi) is 5.24. The zero-order chi connectivity index (χ0) is 15.4. The predicted octanol–water partition coefficient (Wildman–Crippen LogP) is 4.93. The fourth-order valence-corrected chi connectivity index (χ4v) is 2.60. The van der Waals surface area contributed by atoms with Gasteiger partial charge in [-0.25, -0.2) is 0 Å². The van der Waals surface area contributed by atoms with E-state index in [1.165, 1.54) is 16.3 Å². The van der Waals surface area contributed by atoms with Crippen LogP contribution >= 0.6 is 0 Å². The number of nitrogens with one attached hydrogen (secondary N) is 1. The Morgan fingerprint density at radius 3 is 2.33 bits per heavy atom. The molecular formula is C19H27NO. The number of fused-ring (bicyclic) bond motifs is 1. The molecule has 0 spiro atoms. The van der Waals surface area contributed by atoms with Crippen molar-refractivity contribution in [2.24, 2.45) is 5.92 Å². The smallest absolute Gasteiger partial charge is 0.131 e. The van der Waals surface area contributed by atoms with Gasteiger partial charge in [-0.3, -0.25) is 0 Å². The fraction of sp³-hybridized carbons (Fsp3) is 0.474. The van der Waals surface area contributed by atoms with E-state index >= 15 is 0 Å². The Morgan fingerprint density at radius 1 is 0.952 bits per heavy atom. The van der Waals surface area contributed by atoms with Crippen LogP contribution < -0.4 is 10.1 Å². The third-order valence-corrected chi connectivity index (χ3v) is 3.52. The highest BCUT2D eigenvalue weighted by Gasteiger charge is 2.15. The summed E-state index contributed by atoms with van der Waals surface area (Å²) in [5.74, 6) is 1.55. The molecular weight excluding hydrogens is 258 g/mol. The minimum Gasteiger partial charge on any atom is -0.492 e. The van der Waals surface area contributed by atoms with Crippen LogP contribution in [0, 0.1) is 5.92 Å². The minimum absolute atomic E-state index is 0.275. The van der Waals surface area contributed by atoms with E-state index in [4.69, 9.17) is 4.74 Å². The Morgan fingerprint density at radius 2 is 1.67 bits per heavy atom. The quantitative estimate of drug-likeness (QED) is 0.812. The highest BCUT2D eigenvalue weighted by molar-refractivity contribution is 5.89. The summed E-state index contributed by atoms with van der Waals surface area (Å²) in [6, 6.07) is 13.5. The number of hydrogen-bond donors (Lipinski definition) is 1. The molecule has 0 saturated carbocycles. The lowest BCUT2D eigenvalue weighted by atomic mass is 10.0. The standard InChI is InChI=1S/C19H27NO/c1-13(2)12-21-19-17(15(5)20-14(3)4)11-10-16-8-6-7-9-18(16)19/h6-11,13-15,20H,12H2,1-5H3. The lowest BCUT2D eigenvalue weighted by molar-refractivity contribution is 0.269. The Bertz CT molecular complexity index is 589. The van der Waals surface area contributed by atoms with Gasteiger partial charge < -0.3 is 10.1 Å². The third kappa shape index (κ3) is 3.98. The van der Waals surface area contributed by atoms with Gasteiger partial charge in [0.05, 0.1) is 6.61 Å². The molecule has 0 radical (unpaired) electrons. The highest BCUT2D eigenvalue weighted by atomic mass is 16.5. The molecule has 0 aliphatic rings. The topological polar surface area (TPSA) is 21.3 Å². The Labute approximate surface area is 128 Å². The van der Waals surface area contributed by atoms with Crippen LogP contribution in [0.15, 0.2) is 36.4 Å². The molecule has 21 heavy (non-hydrogen) atoms. The van der Waals surface area contributed by atoms with E-state index in [9.17, 15) is 0 Å². The molecule has 114 valence electrons. The average Bonchev–Trinajstić information content (AvgIpc) is 2.43. The Balaban J connectivity index is 2.45. The number of rotatable bonds is 6. The fourth-order valence-electron chi connectivity index (χ4n) is 2.60. The van der Waals surface area contributed by atoms with E-state index in [1.807, 2.05) is 0 Å². The molecule has 2 aromatic rings. The minimum atomic E-state index is 0.275. The maximum Gasteiger partial charge on any atom is 0.131 e. The molecule has 0 amide bonds. The second-order valence-electron chi connectivity index (χ2n) is 6.45. The molecule has 2 rings (SSSR count). The predicted molar refractivity (Wildman–Crippen MR) is 91.0 cm³/mol. The van der Waals surface area contributed by atoms with Gasteiger partial charge in [0.2, 0.25) is 0 Å². The normalized spacial score (nSPS) is 13.1. The van der Waals surface area contributed by atoms with Crippen LogP contribution in [-0.2, 0) is 0 Å². The van der Waals surface area contributed by atoms with Crippen molar-refractivity contribution in [1.29, 1.82) is 0 Å². The molecule has 0 saturated heterocycles. The van der Waals surface area contributed by atoms with Gasteiger partial charge in [-0.2, -0.15) is 0 Å². The van der Waals surface area contributed by atoms with Crippen molar-refractivity contribution in [2.45, 2.75) is 46.7 Å². The molecule has 0 bridgehead atoms. The summed E-state index contributed by atoms with van der Waals surface area (Å²) in [5.41, 5.74) is 1.24. The van der Waals surface area contributed by atoms with Gasteiger partial charge in [0, 0.05) is 23.0 Å². The van der Waals surface area contributed by atoms with Crippen LogP contribution in [0.5, 0.6) is 5.75 Å². The molecule has 1 unspecified atom stereocenters. The summed E-state index contributed by atoms with van der Waals surface area (Å²) in [6.07, 6.45) is 0. The van der Waals surface area contributed by atoms with Crippen LogP contribution in [0.3, 0.4) is 0 Å². The van der Waals surface area contributed by atoms with Crippen LogP contribution in [0.4, 0.5) is 0 Å². The second-order valence-corrected chi connectivity index (χ2v) is 6.45. The molecule has 0 aliphatic heterocycles. The maximum absolute atomic E-state index is 6.17. The number of ether oxygens (including phenoxy) is 1. The van der Waals surface area contributed by atoms with Gasteiger partial charge in [0.1, 0.15) is 5.75 Å². The highest BCUT2D eigenvalue weighted by Crippen LogP contribution is 2.34. The molecule has 1 N–H and O–H groups in total. The second kappa shape index (κ2) is 6.95. The molecule has 2 nitrogen and oxygen atoms in total. The largest absolute Gasteiger partial charge is 0.492 e. The molecule has 2 aromatic carbocycles. The van der Waals surface area contributed by atoms with Gasteiger partial charge in [-0.05, 0) is 18.2 Å². The summed E-state index contributed by atoms with van der Waals surface area (Å²) in [6.45, 7) is 11.7. The van der Waals surface area contributed by atoms with Crippen molar-refractivity contribution in [1.82, 2.24) is 5.32 Å². The molecule has 2 heteroatoms. The summed E-state index contributed by atoms with van der Waals surface area (Å²) in [4.78, 5) is 0. The first-order chi connectivity index (χ1) is 9.99. The Hall–Kier alpha value is -1.54. The van der Waals surface area contributed by atoms with Crippen molar-refractivity contribution in [3.63, 3.8) is 0 Å². The molecule has 0 fully saturated rings. The summed E-state index contributed by atoms with van der Waals surface area (Å²) >= 11 is 0. The zero-order valence-electron chi connectivity index (χ0n) is 13.8.